The van der Waals surface area contributed by atoms with Crippen LogP contribution < -0.4 is 0 Å². The van der Waals surface area contributed by atoms with Crippen LogP contribution in [0.15, 0.2) is 116 Å². The molecule has 3 N–H and O–H groups in total. The summed E-state index contributed by atoms with van der Waals surface area (Å²) in [5.41, 5.74) is 15.1. The van der Waals surface area contributed by atoms with Crippen LogP contribution in [0.1, 0.15) is 207 Å². The standard InChI is InChI=1S/C59H89O4/c1-44(2)22-13-23-45(3)24-14-25-46(4)26-15-27-47(5)28-16-29-48(6)30-17-31-49(7)32-18-33-50(8)34-19-35-51(9)36-20-37-52(10)38-21-39-53(11)40-41-55-54(12)58(62)56(42-60)57(43-61)59(55)63/h1,22,24,26,28,30,32,34,36,38,40,60-61,63H,13-21,23,25,27,29,31,33,35,37,39,41-43H2,2-12H3/b44-22-,45-24+,46-26+,47-28+,48-30+,49-32+,50-34+,51-36+,52-38+,53-40+. The first kappa shape index (κ1) is 57.2. The van der Waals surface area contributed by atoms with E-state index in [4.69, 9.17) is 6.92 Å². The Balaban J connectivity index is 2.32. The third kappa shape index (κ3) is 26.5. The van der Waals surface area contributed by atoms with E-state index in [0.717, 1.165) is 121 Å². The molecule has 4 heteroatoms. The topological polar surface area (TPSA) is 80.6 Å². The fourth-order valence-electron chi connectivity index (χ4n) is 7.68. The van der Waals surface area contributed by atoms with E-state index in [9.17, 15) is 20.4 Å². The molecule has 0 bridgehead atoms. The summed E-state index contributed by atoms with van der Waals surface area (Å²) in [7, 11) is 0. The number of hydrogen-bond acceptors (Lipinski definition) is 3. The maximum absolute atomic E-state index is 12.6. The lowest BCUT2D eigenvalue weighted by Crippen LogP contribution is -2.01. The van der Waals surface area contributed by atoms with Crippen molar-refractivity contribution in [3.63, 3.8) is 0 Å². The largest absolute Gasteiger partial charge is 0.507 e. The van der Waals surface area contributed by atoms with Crippen LogP contribution in [0.5, 0.6) is 11.5 Å². The zero-order valence-corrected chi connectivity index (χ0v) is 41.9. The highest BCUT2D eigenvalue weighted by molar-refractivity contribution is 5.58. The van der Waals surface area contributed by atoms with Crippen molar-refractivity contribution in [1.29, 1.82) is 0 Å². The van der Waals surface area contributed by atoms with E-state index in [-0.39, 0.29) is 22.6 Å². The van der Waals surface area contributed by atoms with Crippen LogP contribution in [-0.2, 0) is 24.7 Å². The van der Waals surface area contributed by atoms with Gasteiger partial charge in [-0.1, -0.05) is 116 Å². The van der Waals surface area contributed by atoms with E-state index in [0.29, 0.717) is 17.5 Å². The number of phenols is 1. The van der Waals surface area contributed by atoms with Gasteiger partial charge in [-0.05, 0) is 205 Å². The predicted octanol–water partition coefficient (Wildman–Crippen LogP) is 17.6. The molecule has 1 aromatic rings. The fourth-order valence-corrected chi connectivity index (χ4v) is 7.68. The van der Waals surface area contributed by atoms with Gasteiger partial charge in [0.05, 0.1) is 13.2 Å². The third-order valence-electron chi connectivity index (χ3n) is 12.2. The third-order valence-corrected chi connectivity index (χ3v) is 12.2. The zero-order valence-electron chi connectivity index (χ0n) is 41.9. The van der Waals surface area contributed by atoms with Crippen LogP contribution in [0, 0.1) is 13.8 Å². The van der Waals surface area contributed by atoms with Crippen LogP contribution in [0.3, 0.4) is 0 Å². The van der Waals surface area contributed by atoms with Crippen LogP contribution in [0.2, 0.25) is 0 Å². The quantitative estimate of drug-likeness (QED) is 0.0651. The second-order valence-corrected chi connectivity index (χ2v) is 18.5. The minimum Gasteiger partial charge on any atom is -0.507 e. The summed E-state index contributed by atoms with van der Waals surface area (Å²) in [5, 5.41) is 42.5. The minimum absolute atomic E-state index is 0.0771. The molecule has 3 radical (unpaired) electrons. The molecule has 4 nitrogen and oxygen atoms in total. The van der Waals surface area contributed by atoms with Crippen molar-refractivity contribution in [2.45, 2.75) is 211 Å². The normalized spacial score (nSPS) is 14.7. The Hall–Kier alpha value is -3.86. The van der Waals surface area contributed by atoms with Crippen molar-refractivity contribution in [3.05, 3.63) is 146 Å². The smallest absolute Gasteiger partial charge is 0.187 e. The lowest BCUT2D eigenvalue weighted by molar-refractivity contribution is 0.243. The van der Waals surface area contributed by atoms with E-state index in [1.165, 1.54) is 50.2 Å². The molecule has 0 aliphatic heterocycles. The Morgan fingerprint density at radius 3 is 0.873 bits per heavy atom. The van der Waals surface area contributed by atoms with Gasteiger partial charge in [-0.3, -0.25) is 5.11 Å². The number of benzene rings is 1. The van der Waals surface area contributed by atoms with Gasteiger partial charge >= 0.3 is 0 Å². The van der Waals surface area contributed by atoms with Gasteiger partial charge in [-0.2, -0.15) is 0 Å². The molecule has 0 spiro atoms. The molecule has 1 aromatic carbocycles. The Morgan fingerprint density at radius 1 is 0.397 bits per heavy atom. The summed E-state index contributed by atoms with van der Waals surface area (Å²) >= 11 is 0. The molecule has 0 aliphatic rings. The number of aliphatic hydroxyl groups excluding tert-OH is 2. The molecule has 0 heterocycles. The van der Waals surface area contributed by atoms with E-state index in [2.05, 4.69) is 117 Å². The summed E-state index contributed by atoms with van der Waals surface area (Å²) in [5.74, 6) is -0.391. The second-order valence-electron chi connectivity index (χ2n) is 18.5. The molecule has 0 saturated heterocycles. The zero-order chi connectivity index (χ0) is 47.2. The Labute approximate surface area is 387 Å². The van der Waals surface area contributed by atoms with Crippen molar-refractivity contribution >= 4 is 0 Å². The molecule has 63 heavy (non-hydrogen) atoms. The van der Waals surface area contributed by atoms with Gasteiger partial charge in [0.2, 0.25) is 0 Å². The summed E-state index contributed by atoms with van der Waals surface area (Å²) in [6.07, 6.45) is 43.5. The first-order chi connectivity index (χ1) is 30.0. The molecule has 0 saturated carbocycles. The number of rotatable bonds is 31. The van der Waals surface area contributed by atoms with Crippen molar-refractivity contribution < 1.29 is 20.4 Å². The van der Waals surface area contributed by atoms with Gasteiger partial charge in [0, 0.05) is 22.3 Å². The molecular weight excluding hydrogens is 773 g/mol. The van der Waals surface area contributed by atoms with Crippen molar-refractivity contribution in [3.8, 4) is 11.5 Å². The summed E-state index contributed by atoms with van der Waals surface area (Å²) in [6, 6.07) is 0. The van der Waals surface area contributed by atoms with Crippen molar-refractivity contribution in [2.24, 2.45) is 0 Å². The molecule has 0 aliphatic carbocycles. The minimum atomic E-state index is -0.498. The highest BCUT2D eigenvalue weighted by Crippen LogP contribution is 2.38. The SMILES string of the molecule is [CH]/C(C)=C/CC/C(C)=C/CC/C(C)=C/CC/C(C)=C/CC/C(C)=C/CC/C(C)=C/CC/C(C)=C/CC/C(C)=C/CC/C(C)=C/CC/C(C)=C/Cc1c(C)c([O])c(CO)c(CO)c1O. The molecular formula is C59H89O4. The van der Waals surface area contributed by atoms with Gasteiger partial charge in [-0.25, -0.2) is 0 Å². The van der Waals surface area contributed by atoms with Crippen LogP contribution in [0.25, 0.3) is 0 Å². The highest BCUT2D eigenvalue weighted by Gasteiger charge is 2.21. The molecule has 0 aromatic heterocycles. The molecule has 0 atom stereocenters. The van der Waals surface area contributed by atoms with E-state index in [1.54, 1.807) is 6.92 Å². The lowest BCUT2D eigenvalue weighted by atomic mass is 9.93. The lowest BCUT2D eigenvalue weighted by Gasteiger charge is -2.15. The van der Waals surface area contributed by atoms with Crippen LogP contribution in [-0.4, -0.2) is 15.3 Å². The van der Waals surface area contributed by atoms with Gasteiger partial charge in [0.1, 0.15) is 5.75 Å². The molecule has 1 rings (SSSR count). The van der Waals surface area contributed by atoms with Crippen LogP contribution >= 0.6 is 0 Å². The predicted molar refractivity (Wildman–Crippen MR) is 274 cm³/mol. The Morgan fingerprint density at radius 2 is 0.635 bits per heavy atom. The van der Waals surface area contributed by atoms with Gasteiger partial charge in [-0.15, -0.1) is 0 Å². The maximum atomic E-state index is 12.6. The molecule has 0 amide bonds. The Bertz CT molecular complexity index is 1840. The van der Waals surface area contributed by atoms with E-state index < -0.39 is 13.2 Å². The van der Waals surface area contributed by atoms with Crippen molar-refractivity contribution in [1.82, 2.24) is 0 Å². The average Bonchev–Trinajstić information content (AvgIpc) is 3.21. The number of aliphatic hydroxyl groups is 2. The highest BCUT2D eigenvalue weighted by atomic mass is 16.3. The first-order valence-corrected chi connectivity index (χ1v) is 24.1. The average molecular weight is 862 g/mol. The van der Waals surface area contributed by atoms with Crippen LogP contribution in [0.4, 0.5) is 0 Å². The van der Waals surface area contributed by atoms with Crippen molar-refractivity contribution in [2.75, 3.05) is 0 Å². The first-order valence-electron chi connectivity index (χ1n) is 24.1. The summed E-state index contributed by atoms with van der Waals surface area (Å²) in [4.78, 5) is 0. The molecule has 0 unspecified atom stereocenters. The second kappa shape index (κ2) is 33.6. The van der Waals surface area contributed by atoms with Gasteiger partial charge in [0.15, 0.2) is 5.75 Å². The number of hydrogen-bond donors (Lipinski definition) is 3. The van der Waals surface area contributed by atoms with E-state index >= 15 is 0 Å². The monoisotopic (exact) mass is 862 g/mol. The molecule has 349 valence electrons. The molecule has 0 fully saturated rings. The Kier molecular flexibility index (Phi) is 30.5. The fraction of sp³-hybridized carbons (Fsp3) is 0.542. The van der Waals surface area contributed by atoms with Gasteiger partial charge in [0.25, 0.3) is 0 Å². The summed E-state index contributed by atoms with van der Waals surface area (Å²) < 4.78 is 0. The maximum Gasteiger partial charge on any atom is 0.187 e. The van der Waals surface area contributed by atoms with E-state index in [1.807, 2.05) is 13.0 Å². The summed E-state index contributed by atoms with van der Waals surface area (Å²) in [6.45, 7) is 28.5. The number of allylic oxidation sites excluding steroid dienone is 20. The number of aromatic hydroxyl groups is 1. The van der Waals surface area contributed by atoms with Gasteiger partial charge < -0.3 is 15.3 Å².